The van der Waals surface area contributed by atoms with Crippen LogP contribution in [0.4, 0.5) is 0 Å². The first-order chi connectivity index (χ1) is 15.1. The number of allylic oxidation sites excluding steroid dienone is 2. The highest BCUT2D eigenvalue weighted by atomic mass is 16.5. The SMILES string of the molecule is CCCOc1ccc(CN=C(NCC)NCCN2C(=O)C3C4C=CC(C4)C3C2=O)cn1. The fourth-order valence-corrected chi connectivity index (χ4v) is 4.78. The number of ether oxygens (including phenoxy) is 1. The Kier molecular flexibility index (Phi) is 6.53. The summed E-state index contributed by atoms with van der Waals surface area (Å²) in [7, 11) is 0. The molecule has 31 heavy (non-hydrogen) atoms. The molecule has 1 aromatic rings. The topological polar surface area (TPSA) is 95.9 Å². The lowest BCUT2D eigenvalue weighted by Crippen LogP contribution is -2.43. The van der Waals surface area contributed by atoms with Gasteiger partial charge in [0.15, 0.2) is 5.96 Å². The summed E-state index contributed by atoms with van der Waals surface area (Å²) < 4.78 is 5.50. The van der Waals surface area contributed by atoms with Crippen molar-refractivity contribution in [2.24, 2.45) is 28.7 Å². The van der Waals surface area contributed by atoms with Crippen LogP contribution in [-0.4, -0.2) is 53.9 Å². The minimum Gasteiger partial charge on any atom is -0.478 e. The number of aromatic nitrogens is 1. The number of imide groups is 1. The van der Waals surface area contributed by atoms with Gasteiger partial charge >= 0.3 is 0 Å². The zero-order chi connectivity index (χ0) is 21.8. The van der Waals surface area contributed by atoms with E-state index >= 15 is 0 Å². The van der Waals surface area contributed by atoms with E-state index in [1.54, 1.807) is 6.20 Å². The first-order valence-electron chi connectivity index (χ1n) is 11.3. The molecule has 2 fully saturated rings. The average Bonchev–Trinajstić information content (AvgIpc) is 3.46. The number of carbonyl (C=O) groups excluding carboxylic acids is 2. The van der Waals surface area contributed by atoms with Gasteiger partial charge in [-0.1, -0.05) is 25.1 Å². The monoisotopic (exact) mass is 425 g/mol. The van der Waals surface area contributed by atoms with Crippen molar-refractivity contribution in [1.82, 2.24) is 20.5 Å². The lowest BCUT2D eigenvalue weighted by molar-refractivity contribution is -0.140. The number of nitrogens with one attached hydrogen (secondary N) is 2. The van der Waals surface area contributed by atoms with Gasteiger partial charge in [0, 0.05) is 31.9 Å². The molecule has 0 spiro atoms. The van der Waals surface area contributed by atoms with Crippen LogP contribution in [0.2, 0.25) is 0 Å². The van der Waals surface area contributed by atoms with E-state index in [9.17, 15) is 9.59 Å². The molecule has 8 heteroatoms. The first-order valence-corrected chi connectivity index (χ1v) is 11.3. The number of carbonyl (C=O) groups is 2. The molecule has 1 aromatic heterocycles. The molecule has 8 nitrogen and oxygen atoms in total. The number of fused-ring (bicyclic) bond motifs is 5. The molecule has 2 heterocycles. The predicted octanol–water partition coefficient (Wildman–Crippen LogP) is 1.73. The van der Waals surface area contributed by atoms with E-state index in [0.29, 0.717) is 44.6 Å². The Bertz CT molecular complexity index is 836. The largest absolute Gasteiger partial charge is 0.478 e. The van der Waals surface area contributed by atoms with E-state index in [4.69, 9.17) is 4.74 Å². The van der Waals surface area contributed by atoms with Gasteiger partial charge in [0.25, 0.3) is 0 Å². The summed E-state index contributed by atoms with van der Waals surface area (Å²) in [5, 5.41) is 6.43. The molecule has 1 aliphatic heterocycles. The molecule has 0 aromatic carbocycles. The molecule has 1 saturated heterocycles. The van der Waals surface area contributed by atoms with Gasteiger partial charge in [-0.15, -0.1) is 0 Å². The average molecular weight is 426 g/mol. The lowest BCUT2D eigenvalue weighted by atomic mass is 9.85. The zero-order valence-electron chi connectivity index (χ0n) is 18.2. The predicted molar refractivity (Wildman–Crippen MR) is 117 cm³/mol. The molecule has 4 unspecified atom stereocenters. The maximum Gasteiger partial charge on any atom is 0.233 e. The molecule has 4 atom stereocenters. The number of hydrogen-bond donors (Lipinski definition) is 2. The molecular weight excluding hydrogens is 394 g/mol. The summed E-state index contributed by atoms with van der Waals surface area (Å²) in [4.78, 5) is 35.9. The maximum absolute atomic E-state index is 12.8. The third-order valence-corrected chi connectivity index (χ3v) is 6.21. The van der Waals surface area contributed by atoms with Crippen molar-refractivity contribution in [3.05, 3.63) is 36.0 Å². The number of hydrogen-bond acceptors (Lipinski definition) is 5. The van der Waals surface area contributed by atoms with E-state index in [1.165, 1.54) is 4.90 Å². The third-order valence-electron chi connectivity index (χ3n) is 6.21. The summed E-state index contributed by atoms with van der Waals surface area (Å²) in [6, 6.07) is 3.80. The molecule has 2 bridgehead atoms. The van der Waals surface area contributed by atoms with Gasteiger partial charge in [0.1, 0.15) is 0 Å². The van der Waals surface area contributed by atoms with Crippen molar-refractivity contribution in [2.75, 3.05) is 26.2 Å². The standard InChI is InChI=1S/C23H31N5O3/c1-3-11-31-18-8-5-15(13-26-18)14-27-23(24-4-2)25-9-10-28-21(29)19-16-6-7-17(12-16)20(19)22(28)30/h5-8,13,16-17,19-20H,3-4,9-12,14H2,1-2H3,(H2,24,25,27). The van der Waals surface area contributed by atoms with E-state index in [0.717, 1.165) is 18.4 Å². The second kappa shape index (κ2) is 9.49. The van der Waals surface area contributed by atoms with Crippen molar-refractivity contribution < 1.29 is 14.3 Å². The minimum absolute atomic E-state index is 0.00737. The van der Waals surface area contributed by atoms with E-state index in [2.05, 4.69) is 39.7 Å². The molecule has 2 aliphatic carbocycles. The van der Waals surface area contributed by atoms with E-state index in [-0.39, 0.29) is 35.5 Å². The van der Waals surface area contributed by atoms with Crippen LogP contribution in [0.25, 0.3) is 0 Å². The van der Waals surface area contributed by atoms with Gasteiger partial charge in [-0.25, -0.2) is 9.98 Å². The molecule has 3 aliphatic rings. The van der Waals surface area contributed by atoms with Crippen molar-refractivity contribution >= 4 is 17.8 Å². The highest BCUT2D eigenvalue weighted by molar-refractivity contribution is 6.06. The number of nitrogens with zero attached hydrogens (tertiary/aromatic N) is 3. The molecular formula is C23H31N5O3. The molecule has 0 radical (unpaired) electrons. The quantitative estimate of drug-likeness (QED) is 0.271. The van der Waals surface area contributed by atoms with Crippen molar-refractivity contribution in [1.29, 1.82) is 0 Å². The van der Waals surface area contributed by atoms with Gasteiger partial charge in [-0.05, 0) is 37.2 Å². The normalized spacial score (nSPS) is 26.5. The summed E-state index contributed by atoms with van der Waals surface area (Å²) >= 11 is 0. The Morgan fingerprint density at radius 1 is 1.16 bits per heavy atom. The number of likely N-dealkylation sites (tertiary alicyclic amines) is 1. The highest BCUT2D eigenvalue weighted by Crippen LogP contribution is 2.52. The number of aliphatic imine (C=N–C) groups is 1. The first kappa shape index (κ1) is 21.3. The second-order valence-electron chi connectivity index (χ2n) is 8.30. The van der Waals surface area contributed by atoms with Crippen LogP contribution in [0.15, 0.2) is 35.5 Å². The fourth-order valence-electron chi connectivity index (χ4n) is 4.78. The van der Waals surface area contributed by atoms with Crippen LogP contribution in [0.3, 0.4) is 0 Å². The third kappa shape index (κ3) is 4.43. The lowest BCUT2D eigenvalue weighted by Gasteiger charge is -2.18. The van der Waals surface area contributed by atoms with Gasteiger partial charge in [-0.2, -0.15) is 0 Å². The number of rotatable bonds is 9. The summed E-state index contributed by atoms with van der Waals surface area (Å²) in [6.07, 6.45) is 7.90. The molecule has 2 amide bonds. The van der Waals surface area contributed by atoms with Crippen molar-refractivity contribution in [3.63, 3.8) is 0 Å². The van der Waals surface area contributed by atoms with Crippen molar-refractivity contribution in [2.45, 2.75) is 33.2 Å². The van der Waals surface area contributed by atoms with Crippen LogP contribution in [-0.2, 0) is 16.1 Å². The second-order valence-corrected chi connectivity index (χ2v) is 8.30. The van der Waals surface area contributed by atoms with Gasteiger partial charge in [0.2, 0.25) is 17.7 Å². The van der Waals surface area contributed by atoms with Gasteiger partial charge < -0.3 is 15.4 Å². The van der Waals surface area contributed by atoms with Crippen LogP contribution in [0.5, 0.6) is 5.88 Å². The van der Waals surface area contributed by atoms with E-state index in [1.807, 2.05) is 19.1 Å². The Balaban J connectivity index is 1.29. The summed E-state index contributed by atoms with van der Waals surface area (Å²) in [5.41, 5.74) is 0.974. The maximum atomic E-state index is 12.8. The molecule has 4 rings (SSSR count). The Morgan fingerprint density at radius 2 is 1.90 bits per heavy atom. The zero-order valence-corrected chi connectivity index (χ0v) is 18.2. The number of amides is 2. The molecule has 2 N–H and O–H groups in total. The molecule has 166 valence electrons. The van der Waals surface area contributed by atoms with Crippen LogP contribution < -0.4 is 15.4 Å². The van der Waals surface area contributed by atoms with Crippen molar-refractivity contribution in [3.8, 4) is 5.88 Å². The molecule has 1 saturated carbocycles. The summed E-state index contributed by atoms with van der Waals surface area (Å²) in [5.74, 6) is 1.47. The number of pyridine rings is 1. The Hall–Kier alpha value is -2.90. The Labute approximate surface area is 183 Å². The fraction of sp³-hybridized carbons (Fsp3) is 0.565. The van der Waals surface area contributed by atoms with Crippen LogP contribution in [0.1, 0.15) is 32.3 Å². The highest BCUT2D eigenvalue weighted by Gasteiger charge is 2.58. The van der Waals surface area contributed by atoms with Crippen LogP contribution >= 0.6 is 0 Å². The smallest absolute Gasteiger partial charge is 0.233 e. The van der Waals surface area contributed by atoms with E-state index < -0.39 is 0 Å². The minimum atomic E-state index is -0.138. The summed E-state index contributed by atoms with van der Waals surface area (Å²) in [6.45, 7) is 6.72. The Morgan fingerprint density at radius 3 is 2.52 bits per heavy atom. The van der Waals surface area contributed by atoms with Crippen LogP contribution in [0, 0.1) is 23.7 Å². The van der Waals surface area contributed by atoms with Gasteiger partial charge in [0.05, 0.1) is 25.0 Å². The number of guanidine groups is 1. The van der Waals surface area contributed by atoms with Gasteiger partial charge in [-0.3, -0.25) is 14.5 Å².